The van der Waals surface area contributed by atoms with Gasteiger partial charge in [0.2, 0.25) is 0 Å². The molecule has 4 nitrogen and oxygen atoms in total. The number of aliphatic hydroxyl groups is 2. The molecule has 0 aliphatic heterocycles. The number of unbranched alkanes of at least 4 members (excludes halogenated alkanes) is 2. The van der Waals surface area contributed by atoms with Gasteiger partial charge in [-0.3, -0.25) is 9.59 Å². The van der Waals surface area contributed by atoms with Crippen molar-refractivity contribution in [3.05, 3.63) is 50.7 Å². The van der Waals surface area contributed by atoms with Crippen molar-refractivity contribution in [1.29, 1.82) is 0 Å². The SMILES string of the molecule is CCC/C=C\CCC.CCCC(=O)/C=C(/C)O.CCCC(=O)/C=C(/C)O.[CH3-].[CH3-].[Ru+2]. The van der Waals surface area contributed by atoms with E-state index in [1.54, 1.807) is 0 Å². The fourth-order valence-corrected chi connectivity index (χ4v) is 1.67. The van der Waals surface area contributed by atoms with Crippen molar-refractivity contribution < 1.29 is 39.3 Å². The summed E-state index contributed by atoms with van der Waals surface area (Å²) in [5, 5.41) is 17.2. The molecule has 0 aromatic carbocycles. The van der Waals surface area contributed by atoms with Gasteiger partial charge in [-0.1, -0.05) is 52.7 Å². The van der Waals surface area contributed by atoms with Crippen LogP contribution in [0.2, 0.25) is 0 Å². The number of hydrogen-bond acceptors (Lipinski definition) is 4. The van der Waals surface area contributed by atoms with Crippen LogP contribution in [0.1, 0.15) is 92.9 Å². The zero-order valence-electron chi connectivity index (χ0n) is 20.0. The van der Waals surface area contributed by atoms with E-state index in [0.717, 1.165) is 12.8 Å². The molecule has 0 aliphatic carbocycles. The van der Waals surface area contributed by atoms with Crippen LogP contribution in [0.4, 0.5) is 0 Å². The smallest absolute Gasteiger partial charge is 0.512 e. The molecule has 29 heavy (non-hydrogen) atoms. The normalized spacial score (nSPS) is 10.1. The van der Waals surface area contributed by atoms with Crippen molar-refractivity contribution in [3.8, 4) is 0 Å². The number of allylic oxidation sites excluding steroid dienone is 6. The summed E-state index contributed by atoms with van der Waals surface area (Å²) < 4.78 is 0. The number of hydrogen-bond donors (Lipinski definition) is 2. The summed E-state index contributed by atoms with van der Waals surface area (Å²) in [6, 6.07) is 0. The Kier molecular flexibility index (Phi) is 49.7. The monoisotopic (exact) mass is 500 g/mol. The Bertz CT molecular complexity index is 390. The average Bonchev–Trinajstić information content (AvgIpc) is 2.52. The molecule has 0 spiro atoms. The molecule has 0 atom stereocenters. The molecule has 0 fully saturated rings. The van der Waals surface area contributed by atoms with Gasteiger partial charge in [-0.2, -0.15) is 0 Å². The van der Waals surface area contributed by atoms with Gasteiger partial charge in [-0.25, -0.2) is 0 Å². The first-order valence-corrected chi connectivity index (χ1v) is 9.70. The van der Waals surface area contributed by atoms with E-state index < -0.39 is 0 Å². The molecule has 0 rings (SSSR count). The summed E-state index contributed by atoms with van der Waals surface area (Å²) in [6.45, 7) is 11.3. The third-order valence-electron chi connectivity index (χ3n) is 2.81. The van der Waals surface area contributed by atoms with Gasteiger partial charge in [0.1, 0.15) is 0 Å². The molecule has 0 bridgehead atoms. The molecule has 0 aromatic rings. The Morgan fingerprint density at radius 1 is 0.655 bits per heavy atom. The van der Waals surface area contributed by atoms with Gasteiger partial charge in [0.05, 0.1) is 11.5 Å². The minimum absolute atomic E-state index is 0. The molecular formula is C24H46O4Ru. The minimum Gasteiger partial charge on any atom is -0.512 e. The molecule has 0 amide bonds. The maximum Gasteiger partial charge on any atom is 2.00 e. The Labute approximate surface area is 194 Å². The molecule has 174 valence electrons. The van der Waals surface area contributed by atoms with Crippen molar-refractivity contribution in [3.63, 3.8) is 0 Å². The van der Waals surface area contributed by atoms with Gasteiger partial charge in [0, 0.05) is 25.0 Å². The van der Waals surface area contributed by atoms with E-state index in [2.05, 4.69) is 26.0 Å². The molecule has 0 saturated heterocycles. The zero-order valence-corrected chi connectivity index (χ0v) is 21.8. The summed E-state index contributed by atoms with van der Waals surface area (Å²) >= 11 is 0. The van der Waals surface area contributed by atoms with E-state index in [1.807, 2.05) is 13.8 Å². The van der Waals surface area contributed by atoms with E-state index in [0.29, 0.717) is 12.8 Å². The second-order valence-electron chi connectivity index (χ2n) is 6.05. The molecule has 0 aliphatic rings. The van der Waals surface area contributed by atoms with E-state index in [-0.39, 0.29) is 57.4 Å². The van der Waals surface area contributed by atoms with Crippen LogP contribution in [0.15, 0.2) is 35.8 Å². The van der Waals surface area contributed by atoms with Gasteiger partial charge in [-0.15, -0.1) is 0 Å². The molecule has 5 heteroatoms. The van der Waals surface area contributed by atoms with Crippen molar-refractivity contribution in [2.75, 3.05) is 0 Å². The number of rotatable bonds is 10. The third-order valence-corrected chi connectivity index (χ3v) is 2.81. The van der Waals surface area contributed by atoms with Gasteiger partial charge in [0.15, 0.2) is 11.6 Å². The van der Waals surface area contributed by atoms with Gasteiger partial charge >= 0.3 is 19.5 Å². The average molecular weight is 500 g/mol. The van der Waals surface area contributed by atoms with E-state index >= 15 is 0 Å². The summed E-state index contributed by atoms with van der Waals surface area (Å²) in [7, 11) is 0. The Morgan fingerprint density at radius 2 is 0.931 bits per heavy atom. The zero-order chi connectivity index (χ0) is 20.8. The number of carbonyl (C=O) groups excluding carboxylic acids is 2. The second-order valence-corrected chi connectivity index (χ2v) is 6.05. The summed E-state index contributed by atoms with van der Waals surface area (Å²) in [5.74, 6) is 0.178. The van der Waals surface area contributed by atoms with Crippen LogP contribution in [-0.2, 0) is 29.1 Å². The molecule has 0 radical (unpaired) electrons. The molecule has 0 saturated carbocycles. The summed E-state index contributed by atoms with van der Waals surface area (Å²) in [5.41, 5.74) is 0. The quantitative estimate of drug-likeness (QED) is 0.106. The topological polar surface area (TPSA) is 74.6 Å². The number of ketones is 2. The number of carbonyl (C=O) groups is 2. The maximum atomic E-state index is 10.6. The van der Waals surface area contributed by atoms with Crippen molar-refractivity contribution in [1.82, 2.24) is 0 Å². The predicted octanol–water partition coefficient (Wildman–Crippen LogP) is 7.68. The van der Waals surface area contributed by atoms with Crippen LogP contribution < -0.4 is 0 Å². The third kappa shape index (κ3) is 52.0. The van der Waals surface area contributed by atoms with Crippen LogP contribution >= 0.6 is 0 Å². The molecular weight excluding hydrogens is 453 g/mol. The largest absolute Gasteiger partial charge is 2.00 e. The van der Waals surface area contributed by atoms with Crippen molar-refractivity contribution >= 4 is 11.6 Å². The Hall–Kier alpha value is -1.22. The molecule has 0 unspecified atom stereocenters. The van der Waals surface area contributed by atoms with Gasteiger partial charge < -0.3 is 25.1 Å². The second kappa shape index (κ2) is 34.3. The first-order valence-electron chi connectivity index (χ1n) is 9.70. The first kappa shape index (κ1) is 42.0. The Morgan fingerprint density at radius 3 is 1.10 bits per heavy atom. The fraction of sp³-hybridized carbons (Fsp3) is 0.583. The standard InChI is InChI=1S/C8H16.2C7H12O2.2CH3.Ru/c1-3-5-7-8-6-4-2;2*1-3-4-7(9)5-6(2)8;;;/h7-8H,3-6H2,1-2H3;2*5,8H,3-4H2,1-2H3;2*1H3;/q;;;2*-1;+2/b8-7-;2*6-5-;;;. The molecule has 0 heterocycles. The van der Waals surface area contributed by atoms with Crippen LogP contribution in [0.3, 0.4) is 0 Å². The van der Waals surface area contributed by atoms with Crippen molar-refractivity contribution in [2.24, 2.45) is 0 Å². The van der Waals surface area contributed by atoms with Crippen molar-refractivity contribution in [2.45, 2.75) is 92.9 Å². The van der Waals surface area contributed by atoms with Crippen LogP contribution in [0, 0.1) is 14.9 Å². The van der Waals surface area contributed by atoms with Gasteiger partial charge in [0.25, 0.3) is 0 Å². The predicted molar refractivity (Wildman–Crippen MR) is 124 cm³/mol. The summed E-state index contributed by atoms with van der Waals surface area (Å²) in [6.07, 6.45) is 14.8. The maximum absolute atomic E-state index is 10.6. The summed E-state index contributed by atoms with van der Waals surface area (Å²) in [4.78, 5) is 21.2. The molecule has 2 N–H and O–H groups in total. The fourth-order valence-electron chi connectivity index (χ4n) is 1.67. The Balaban J connectivity index is -0.0000000652. The van der Waals surface area contributed by atoms with Crippen LogP contribution in [-0.4, -0.2) is 21.8 Å². The van der Waals surface area contributed by atoms with Crippen LogP contribution in [0.5, 0.6) is 0 Å². The number of aliphatic hydroxyl groups excluding tert-OH is 2. The van der Waals surface area contributed by atoms with Crippen LogP contribution in [0.25, 0.3) is 0 Å². The van der Waals surface area contributed by atoms with E-state index in [9.17, 15) is 9.59 Å². The first-order chi connectivity index (χ1) is 12.2. The van der Waals surface area contributed by atoms with E-state index in [4.69, 9.17) is 10.2 Å². The minimum atomic E-state index is -0.00231. The van der Waals surface area contributed by atoms with E-state index in [1.165, 1.54) is 51.7 Å². The van der Waals surface area contributed by atoms with Gasteiger partial charge in [-0.05, 0) is 39.5 Å². The molecule has 0 aromatic heterocycles.